The fourth-order valence-electron chi connectivity index (χ4n) is 1.65. The number of carbonyl (C=O) groups is 1. The molecular weight excluding hydrogens is 216 g/mol. The van der Waals surface area contributed by atoms with Gasteiger partial charge in [0, 0.05) is 6.42 Å². The molecular formula is C14H16O3. The summed E-state index contributed by atoms with van der Waals surface area (Å²) in [4.78, 5) is 10.9. The van der Waals surface area contributed by atoms with E-state index in [1.54, 1.807) is 12.1 Å². The molecule has 1 aromatic carbocycles. The van der Waals surface area contributed by atoms with Crippen molar-refractivity contribution in [2.24, 2.45) is 0 Å². The molecule has 0 aliphatic heterocycles. The Balaban J connectivity index is 2.80. The van der Waals surface area contributed by atoms with E-state index in [0.29, 0.717) is 13.0 Å². The highest BCUT2D eigenvalue weighted by molar-refractivity contribution is 5.88. The van der Waals surface area contributed by atoms with Gasteiger partial charge in [-0.2, -0.15) is 0 Å². The number of benzene rings is 1. The number of terminal acetylenes is 1. The average molecular weight is 232 g/mol. The summed E-state index contributed by atoms with van der Waals surface area (Å²) < 4.78 is 5.62. The van der Waals surface area contributed by atoms with E-state index in [0.717, 1.165) is 23.3 Å². The normalized spacial score (nSPS) is 9.71. The molecule has 0 heterocycles. The monoisotopic (exact) mass is 232 g/mol. The van der Waals surface area contributed by atoms with Crippen LogP contribution in [0.25, 0.3) is 0 Å². The summed E-state index contributed by atoms with van der Waals surface area (Å²) in [5.41, 5.74) is 1.96. The van der Waals surface area contributed by atoms with Crippen LogP contribution in [0.3, 0.4) is 0 Å². The number of rotatable bonds is 5. The molecule has 0 aromatic heterocycles. The Morgan fingerprint density at radius 3 is 2.47 bits per heavy atom. The maximum atomic E-state index is 10.9. The number of unbranched alkanes of at least 4 members (excludes halogenated alkanes) is 1. The zero-order chi connectivity index (χ0) is 12.8. The van der Waals surface area contributed by atoms with Gasteiger partial charge in [0.25, 0.3) is 0 Å². The fraction of sp³-hybridized carbons (Fsp3) is 0.357. The lowest BCUT2D eigenvalue weighted by atomic mass is 10.1. The van der Waals surface area contributed by atoms with E-state index >= 15 is 0 Å². The molecule has 1 rings (SSSR count). The van der Waals surface area contributed by atoms with E-state index in [4.69, 9.17) is 16.3 Å². The molecule has 0 atom stereocenters. The van der Waals surface area contributed by atoms with Crippen LogP contribution in [0.4, 0.5) is 0 Å². The van der Waals surface area contributed by atoms with Crippen LogP contribution in [0.5, 0.6) is 5.75 Å². The molecule has 0 amide bonds. The Labute approximate surface area is 101 Å². The number of aromatic carboxylic acids is 1. The number of ether oxygens (including phenoxy) is 1. The predicted octanol–water partition coefficient (Wildman–Crippen LogP) is 2.79. The van der Waals surface area contributed by atoms with Crippen LogP contribution in [-0.4, -0.2) is 17.7 Å². The lowest BCUT2D eigenvalue weighted by Crippen LogP contribution is -2.03. The molecule has 3 heteroatoms. The lowest BCUT2D eigenvalue weighted by molar-refractivity contribution is 0.0696. The van der Waals surface area contributed by atoms with Gasteiger partial charge in [0.15, 0.2) is 0 Å². The molecule has 0 fully saturated rings. The minimum atomic E-state index is -0.921. The Bertz CT molecular complexity index is 432. The van der Waals surface area contributed by atoms with Crippen molar-refractivity contribution in [1.82, 2.24) is 0 Å². The van der Waals surface area contributed by atoms with Crippen molar-refractivity contribution < 1.29 is 14.6 Å². The number of hydrogen-bond acceptors (Lipinski definition) is 2. The number of carboxylic acid groups (broad SMARTS) is 1. The Morgan fingerprint density at radius 1 is 1.41 bits per heavy atom. The molecule has 1 aromatic rings. The van der Waals surface area contributed by atoms with Crippen molar-refractivity contribution in [1.29, 1.82) is 0 Å². The van der Waals surface area contributed by atoms with Crippen molar-refractivity contribution >= 4 is 5.97 Å². The topological polar surface area (TPSA) is 46.5 Å². The molecule has 0 bridgehead atoms. The molecule has 0 unspecified atom stereocenters. The molecule has 1 N–H and O–H groups in total. The van der Waals surface area contributed by atoms with Crippen molar-refractivity contribution in [3.8, 4) is 18.1 Å². The minimum Gasteiger partial charge on any atom is -0.493 e. The summed E-state index contributed by atoms with van der Waals surface area (Å²) >= 11 is 0. The largest absolute Gasteiger partial charge is 0.493 e. The first-order valence-electron chi connectivity index (χ1n) is 5.47. The highest BCUT2D eigenvalue weighted by Crippen LogP contribution is 2.25. The van der Waals surface area contributed by atoms with Crippen LogP contribution >= 0.6 is 0 Å². The highest BCUT2D eigenvalue weighted by Gasteiger charge is 2.10. The summed E-state index contributed by atoms with van der Waals surface area (Å²) in [6, 6.07) is 3.23. The maximum absolute atomic E-state index is 10.9. The number of carboxylic acids is 1. The molecule has 17 heavy (non-hydrogen) atoms. The number of aryl methyl sites for hydroxylation is 2. The van der Waals surface area contributed by atoms with Gasteiger partial charge in [-0.05, 0) is 43.5 Å². The molecule has 0 aliphatic rings. The molecule has 0 saturated carbocycles. The third-order valence-electron chi connectivity index (χ3n) is 2.42. The van der Waals surface area contributed by atoms with E-state index in [9.17, 15) is 4.79 Å². The zero-order valence-corrected chi connectivity index (χ0v) is 10.1. The van der Waals surface area contributed by atoms with Gasteiger partial charge in [0.1, 0.15) is 5.75 Å². The first-order valence-corrected chi connectivity index (χ1v) is 5.47. The Hall–Kier alpha value is -1.95. The van der Waals surface area contributed by atoms with Crippen molar-refractivity contribution in [3.63, 3.8) is 0 Å². The molecule has 3 nitrogen and oxygen atoms in total. The molecule has 0 aliphatic carbocycles. The number of hydrogen-bond donors (Lipinski definition) is 1. The third-order valence-corrected chi connectivity index (χ3v) is 2.42. The van der Waals surface area contributed by atoms with E-state index in [-0.39, 0.29) is 5.56 Å². The van der Waals surface area contributed by atoms with Crippen LogP contribution in [0.1, 0.15) is 34.3 Å². The smallest absolute Gasteiger partial charge is 0.335 e. The third kappa shape index (κ3) is 3.53. The standard InChI is InChI=1S/C14H16O3/c1-4-5-6-7-17-13-10(2)8-12(14(15)16)9-11(13)3/h1,8-9H,5-7H2,2-3H3,(H,15,16). The fourth-order valence-corrected chi connectivity index (χ4v) is 1.65. The summed E-state index contributed by atoms with van der Waals surface area (Å²) in [6.45, 7) is 4.24. The lowest BCUT2D eigenvalue weighted by Gasteiger charge is -2.12. The molecule has 90 valence electrons. The Kier molecular flexibility index (Phi) is 4.59. The minimum absolute atomic E-state index is 0.288. The van der Waals surface area contributed by atoms with Gasteiger partial charge in [0.05, 0.1) is 12.2 Å². The van der Waals surface area contributed by atoms with Crippen LogP contribution in [-0.2, 0) is 0 Å². The van der Waals surface area contributed by atoms with Gasteiger partial charge >= 0.3 is 5.97 Å². The predicted molar refractivity (Wildman–Crippen MR) is 66.4 cm³/mol. The Morgan fingerprint density at radius 2 is 2.00 bits per heavy atom. The van der Waals surface area contributed by atoms with Gasteiger partial charge in [-0.15, -0.1) is 12.3 Å². The van der Waals surface area contributed by atoms with E-state index in [2.05, 4.69) is 5.92 Å². The van der Waals surface area contributed by atoms with Crippen molar-refractivity contribution in [3.05, 3.63) is 28.8 Å². The van der Waals surface area contributed by atoms with Crippen LogP contribution in [0.15, 0.2) is 12.1 Å². The van der Waals surface area contributed by atoms with Gasteiger partial charge in [-0.1, -0.05) is 0 Å². The van der Waals surface area contributed by atoms with Crippen LogP contribution < -0.4 is 4.74 Å². The SMILES string of the molecule is C#CCCCOc1c(C)cc(C(=O)O)cc1C. The second-order valence-corrected chi connectivity index (χ2v) is 3.90. The maximum Gasteiger partial charge on any atom is 0.335 e. The highest BCUT2D eigenvalue weighted by atomic mass is 16.5. The van der Waals surface area contributed by atoms with E-state index in [1.807, 2.05) is 13.8 Å². The zero-order valence-electron chi connectivity index (χ0n) is 10.1. The first kappa shape index (κ1) is 13.1. The summed E-state index contributed by atoms with van der Waals surface area (Å²) in [7, 11) is 0. The van der Waals surface area contributed by atoms with Crippen LogP contribution in [0, 0.1) is 26.2 Å². The second-order valence-electron chi connectivity index (χ2n) is 3.90. The average Bonchev–Trinajstić information content (AvgIpc) is 2.26. The summed E-state index contributed by atoms with van der Waals surface area (Å²) in [5, 5.41) is 8.91. The van der Waals surface area contributed by atoms with Gasteiger partial charge in [-0.25, -0.2) is 4.79 Å². The summed E-state index contributed by atoms with van der Waals surface area (Å²) in [6.07, 6.45) is 6.64. The molecule has 0 radical (unpaired) electrons. The molecule has 0 spiro atoms. The van der Waals surface area contributed by atoms with E-state index < -0.39 is 5.97 Å². The van der Waals surface area contributed by atoms with Crippen molar-refractivity contribution in [2.45, 2.75) is 26.7 Å². The van der Waals surface area contributed by atoms with Gasteiger partial charge in [-0.3, -0.25) is 0 Å². The van der Waals surface area contributed by atoms with E-state index in [1.165, 1.54) is 0 Å². The van der Waals surface area contributed by atoms with Gasteiger partial charge in [0.2, 0.25) is 0 Å². The molecule has 0 saturated heterocycles. The van der Waals surface area contributed by atoms with Crippen LogP contribution in [0.2, 0.25) is 0 Å². The van der Waals surface area contributed by atoms with Gasteiger partial charge < -0.3 is 9.84 Å². The first-order chi connectivity index (χ1) is 8.06. The quantitative estimate of drug-likeness (QED) is 0.627. The summed E-state index contributed by atoms with van der Waals surface area (Å²) in [5.74, 6) is 2.38. The van der Waals surface area contributed by atoms with Crippen molar-refractivity contribution in [2.75, 3.05) is 6.61 Å². The second kappa shape index (κ2) is 5.95.